The lowest BCUT2D eigenvalue weighted by molar-refractivity contribution is -0.124. The fourth-order valence-corrected chi connectivity index (χ4v) is 3.00. The van der Waals surface area contributed by atoms with E-state index in [1.807, 2.05) is 19.9 Å². The fourth-order valence-electron chi connectivity index (χ4n) is 3.00. The fraction of sp³-hybridized carbons (Fsp3) is 0.588. The number of nitrogens with two attached hydrogens (primary N) is 1. The maximum atomic E-state index is 12.5. The highest BCUT2D eigenvalue weighted by atomic mass is 16.2. The largest absolute Gasteiger partial charge is 0.353 e. The Hall–Kier alpha value is -1.35. The number of hydrogen-bond acceptors (Lipinski definition) is 2. The minimum absolute atomic E-state index is 0.0132. The molecule has 2 fully saturated rings. The minimum Gasteiger partial charge on any atom is -0.353 e. The van der Waals surface area contributed by atoms with Crippen molar-refractivity contribution in [1.29, 1.82) is 0 Å². The molecule has 3 heteroatoms. The Bertz CT molecular complexity index is 528. The van der Waals surface area contributed by atoms with Gasteiger partial charge < -0.3 is 11.1 Å². The first-order valence-corrected chi connectivity index (χ1v) is 7.63. The molecule has 20 heavy (non-hydrogen) atoms. The molecule has 2 saturated carbocycles. The average Bonchev–Trinajstić information content (AvgIpc) is 3.27. The summed E-state index contributed by atoms with van der Waals surface area (Å²) in [6, 6.07) is 8.55. The van der Waals surface area contributed by atoms with Crippen molar-refractivity contribution in [2.45, 2.75) is 62.9 Å². The highest BCUT2D eigenvalue weighted by Gasteiger charge is 2.53. The molecule has 2 aliphatic rings. The zero-order chi connectivity index (χ0) is 14.4. The quantitative estimate of drug-likeness (QED) is 0.864. The van der Waals surface area contributed by atoms with Crippen LogP contribution in [0.2, 0.25) is 0 Å². The number of rotatable bonds is 5. The Morgan fingerprint density at radius 2 is 1.90 bits per heavy atom. The van der Waals surface area contributed by atoms with Gasteiger partial charge in [0.1, 0.15) is 0 Å². The number of nitrogens with one attached hydrogen (secondary N) is 1. The molecule has 3 nitrogen and oxygen atoms in total. The summed E-state index contributed by atoms with van der Waals surface area (Å²) in [4.78, 5) is 12.5. The smallest absolute Gasteiger partial charge is 0.230 e. The zero-order valence-corrected chi connectivity index (χ0v) is 12.4. The first-order chi connectivity index (χ1) is 9.45. The zero-order valence-electron chi connectivity index (χ0n) is 12.4. The van der Waals surface area contributed by atoms with Crippen molar-refractivity contribution in [1.82, 2.24) is 5.32 Å². The van der Waals surface area contributed by atoms with Crippen molar-refractivity contribution in [3.63, 3.8) is 0 Å². The molecule has 0 aliphatic heterocycles. The molecule has 108 valence electrons. The van der Waals surface area contributed by atoms with Gasteiger partial charge in [-0.2, -0.15) is 0 Å². The molecule has 0 spiro atoms. The van der Waals surface area contributed by atoms with Crippen LogP contribution in [0, 0.1) is 0 Å². The number of carbonyl (C=O) groups is 1. The molecule has 1 amide bonds. The lowest BCUT2D eigenvalue weighted by atomic mass is 9.87. The van der Waals surface area contributed by atoms with E-state index in [0.29, 0.717) is 0 Å². The van der Waals surface area contributed by atoms with Crippen molar-refractivity contribution in [3.05, 3.63) is 35.4 Å². The van der Waals surface area contributed by atoms with E-state index in [1.54, 1.807) is 0 Å². The molecular weight excluding hydrogens is 248 g/mol. The van der Waals surface area contributed by atoms with E-state index >= 15 is 0 Å². The lowest BCUT2D eigenvalue weighted by Gasteiger charge is -2.22. The van der Waals surface area contributed by atoms with Crippen LogP contribution in [0.5, 0.6) is 0 Å². The van der Waals surface area contributed by atoms with Crippen molar-refractivity contribution in [3.8, 4) is 0 Å². The van der Waals surface area contributed by atoms with Crippen LogP contribution in [-0.2, 0) is 16.6 Å². The molecule has 3 N–H and O–H groups in total. The molecule has 0 radical (unpaired) electrons. The monoisotopic (exact) mass is 272 g/mol. The lowest BCUT2D eigenvalue weighted by Crippen LogP contribution is -2.39. The van der Waals surface area contributed by atoms with Gasteiger partial charge in [0.15, 0.2) is 0 Å². The van der Waals surface area contributed by atoms with Gasteiger partial charge in [-0.3, -0.25) is 4.79 Å². The summed E-state index contributed by atoms with van der Waals surface area (Å²) < 4.78 is 0. The third-order valence-corrected chi connectivity index (χ3v) is 4.57. The standard InChI is InChI=1S/C17H24N2O/c1-12(2)19-15(20)17(9-10-17)14-6-4-3-5-13(14)11-16(18)7-8-16/h3-6,12H,7-11,18H2,1-2H3,(H,19,20). The normalized spacial score (nSPS) is 21.6. The second-order valence-electron chi connectivity index (χ2n) is 6.91. The van der Waals surface area contributed by atoms with Gasteiger partial charge in [-0.15, -0.1) is 0 Å². The van der Waals surface area contributed by atoms with Crippen LogP contribution in [0.1, 0.15) is 50.7 Å². The van der Waals surface area contributed by atoms with Crippen molar-refractivity contribution in [2.24, 2.45) is 5.73 Å². The van der Waals surface area contributed by atoms with Crippen LogP contribution in [0.3, 0.4) is 0 Å². The first-order valence-electron chi connectivity index (χ1n) is 7.63. The molecule has 0 aromatic heterocycles. The van der Waals surface area contributed by atoms with Crippen molar-refractivity contribution >= 4 is 5.91 Å². The Labute approximate surface area is 120 Å². The number of benzene rings is 1. The highest BCUT2D eigenvalue weighted by Crippen LogP contribution is 2.50. The summed E-state index contributed by atoms with van der Waals surface area (Å²) in [5.41, 5.74) is 8.44. The summed E-state index contributed by atoms with van der Waals surface area (Å²) >= 11 is 0. The predicted octanol–water partition coefficient (Wildman–Crippen LogP) is 2.28. The second-order valence-corrected chi connectivity index (χ2v) is 6.91. The van der Waals surface area contributed by atoms with E-state index in [9.17, 15) is 4.79 Å². The summed E-state index contributed by atoms with van der Waals surface area (Å²) in [6.45, 7) is 4.03. The molecule has 1 aromatic carbocycles. The molecule has 1 aromatic rings. The van der Waals surface area contributed by atoms with Crippen LogP contribution >= 0.6 is 0 Å². The molecule has 0 atom stereocenters. The maximum Gasteiger partial charge on any atom is 0.230 e. The van der Waals surface area contributed by atoms with Gasteiger partial charge in [0, 0.05) is 11.6 Å². The van der Waals surface area contributed by atoms with Crippen LogP contribution in [-0.4, -0.2) is 17.5 Å². The Morgan fingerprint density at radius 1 is 1.25 bits per heavy atom. The highest BCUT2D eigenvalue weighted by molar-refractivity contribution is 5.91. The Morgan fingerprint density at radius 3 is 2.45 bits per heavy atom. The van der Waals surface area contributed by atoms with Gasteiger partial charge in [0.05, 0.1) is 5.41 Å². The van der Waals surface area contributed by atoms with E-state index in [2.05, 4.69) is 23.5 Å². The van der Waals surface area contributed by atoms with Gasteiger partial charge in [0.2, 0.25) is 5.91 Å². The van der Waals surface area contributed by atoms with Crippen LogP contribution in [0.4, 0.5) is 0 Å². The van der Waals surface area contributed by atoms with Gasteiger partial charge >= 0.3 is 0 Å². The summed E-state index contributed by atoms with van der Waals surface area (Å²) in [5, 5.41) is 3.08. The van der Waals surface area contributed by atoms with Gasteiger partial charge in [-0.25, -0.2) is 0 Å². The summed E-state index contributed by atoms with van der Waals surface area (Å²) in [6.07, 6.45) is 5.03. The topological polar surface area (TPSA) is 55.1 Å². The third kappa shape index (κ3) is 2.47. The summed E-state index contributed by atoms with van der Waals surface area (Å²) in [7, 11) is 0. The Kier molecular flexibility index (Phi) is 3.13. The van der Waals surface area contributed by atoms with Gasteiger partial charge in [-0.1, -0.05) is 24.3 Å². The molecule has 0 unspecified atom stereocenters. The summed E-state index contributed by atoms with van der Waals surface area (Å²) in [5.74, 6) is 0.182. The number of carbonyl (C=O) groups excluding carboxylic acids is 1. The van der Waals surface area contributed by atoms with Crippen molar-refractivity contribution < 1.29 is 4.79 Å². The minimum atomic E-state index is -0.286. The van der Waals surface area contributed by atoms with E-state index in [-0.39, 0.29) is 22.9 Å². The molecule has 0 heterocycles. The third-order valence-electron chi connectivity index (χ3n) is 4.57. The maximum absolute atomic E-state index is 12.5. The van der Waals surface area contributed by atoms with Gasteiger partial charge in [-0.05, 0) is 57.1 Å². The molecule has 2 aliphatic carbocycles. The predicted molar refractivity (Wildman–Crippen MR) is 80.5 cm³/mol. The second kappa shape index (κ2) is 4.59. The van der Waals surface area contributed by atoms with E-state index < -0.39 is 0 Å². The van der Waals surface area contributed by atoms with E-state index in [4.69, 9.17) is 5.73 Å². The van der Waals surface area contributed by atoms with Crippen LogP contribution < -0.4 is 11.1 Å². The van der Waals surface area contributed by atoms with Gasteiger partial charge in [0.25, 0.3) is 0 Å². The molecule has 0 bridgehead atoms. The Balaban J connectivity index is 1.88. The van der Waals surface area contributed by atoms with Crippen LogP contribution in [0.25, 0.3) is 0 Å². The molecule has 0 saturated heterocycles. The molecular formula is C17H24N2O. The van der Waals surface area contributed by atoms with Crippen LogP contribution in [0.15, 0.2) is 24.3 Å². The van der Waals surface area contributed by atoms with E-state index in [0.717, 1.165) is 32.1 Å². The molecule has 3 rings (SSSR count). The van der Waals surface area contributed by atoms with Crippen molar-refractivity contribution in [2.75, 3.05) is 0 Å². The number of amides is 1. The SMILES string of the molecule is CC(C)NC(=O)C1(c2ccccc2CC2(N)CC2)CC1. The first kappa shape index (κ1) is 13.6. The average molecular weight is 272 g/mol. The number of hydrogen-bond donors (Lipinski definition) is 2. The van der Waals surface area contributed by atoms with E-state index in [1.165, 1.54) is 11.1 Å².